The quantitative estimate of drug-likeness (QED) is 0.592. The minimum Gasteiger partial charge on any atom is -0.444 e. The van der Waals surface area contributed by atoms with E-state index < -0.39 is 23.5 Å². The van der Waals surface area contributed by atoms with Gasteiger partial charge < -0.3 is 14.2 Å². The molecule has 0 aliphatic rings. The number of nitriles is 1. The number of imidazole rings is 1. The molecule has 10 heteroatoms. The van der Waals surface area contributed by atoms with Gasteiger partial charge in [-0.1, -0.05) is 12.1 Å². The van der Waals surface area contributed by atoms with Gasteiger partial charge in [-0.25, -0.2) is 19.7 Å². The monoisotopic (exact) mass is 463 g/mol. The number of nitrogens with one attached hydrogen (secondary N) is 1. The highest BCUT2D eigenvalue weighted by Crippen LogP contribution is 2.28. The molecule has 2 heterocycles. The van der Waals surface area contributed by atoms with Gasteiger partial charge in [-0.15, -0.1) is 0 Å². The summed E-state index contributed by atoms with van der Waals surface area (Å²) in [5.74, 6) is -0.620. The van der Waals surface area contributed by atoms with Crippen LogP contribution in [0.3, 0.4) is 0 Å². The minimum atomic E-state index is -0.754. The molecule has 178 valence electrons. The van der Waals surface area contributed by atoms with Crippen LogP contribution in [0.4, 0.5) is 10.7 Å². The van der Waals surface area contributed by atoms with Gasteiger partial charge in [0.2, 0.25) is 11.9 Å². The fourth-order valence-corrected chi connectivity index (χ4v) is 3.48. The van der Waals surface area contributed by atoms with Gasteiger partial charge in [0, 0.05) is 19.8 Å². The first-order valence-corrected chi connectivity index (χ1v) is 11.0. The number of amides is 2. The third-order valence-electron chi connectivity index (χ3n) is 5.01. The maximum absolute atomic E-state index is 12.5. The van der Waals surface area contributed by atoms with Crippen molar-refractivity contribution in [3.05, 3.63) is 47.5 Å². The van der Waals surface area contributed by atoms with Crippen molar-refractivity contribution in [2.24, 2.45) is 0 Å². The zero-order chi connectivity index (χ0) is 25.0. The molecule has 2 aromatic heterocycles. The van der Waals surface area contributed by atoms with Crippen LogP contribution in [0, 0.1) is 18.3 Å². The molecular formula is C24H29N7O3. The van der Waals surface area contributed by atoms with E-state index >= 15 is 0 Å². The second-order valence-corrected chi connectivity index (χ2v) is 8.91. The van der Waals surface area contributed by atoms with Crippen LogP contribution in [0.1, 0.15) is 50.7 Å². The Bertz CT molecular complexity index is 1250. The summed E-state index contributed by atoms with van der Waals surface area (Å²) in [6.45, 7) is 9.44. The fourth-order valence-electron chi connectivity index (χ4n) is 3.48. The molecule has 0 bridgehead atoms. The van der Waals surface area contributed by atoms with E-state index in [1.54, 1.807) is 33.9 Å². The second-order valence-electron chi connectivity index (χ2n) is 8.91. The van der Waals surface area contributed by atoms with Crippen LogP contribution in [0.2, 0.25) is 0 Å². The molecule has 34 heavy (non-hydrogen) atoms. The standard InChI is InChI=1S/C24H29N7O3/c1-7-31-18-11-9-8-10-17(18)27-21(31)16(12-25)20-15(2)13-26-22(29-20)28-19(32)14-30(6)23(33)34-24(3,4)5/h8-11,13,16H,7,14H2,1-6H3,(H,26,28,29,32). The SMILES string of the molecule is CCn1c(C(C#N)c2nc(NC(=O)CN(C)C(=O)OC(C)(C)C)ncc2C)nc2ccccc21. The number of aromatic nitrogens is 4. The smallest absolute Gasteiger partial charge is 0.410 e. The van der Waals surface area contributed by atoms with Gasteiger partial charge in [0.25, 0.3) is 0 Å². The number of anilines is 1. The molecule has 0 aliphatic heterocycles. The summed E-state index contributed by atoms with van der Waals surface area (Å²) in [7, 11) is 1.47. The number of fused-ring (bicyclic) bond motifs is 1. The molecule has 3 rings (SSSR count). The van der Waals surface area contributed by atoms with Gasteiger partial charge in [-0.3, -0.25) is 10.1 Å². The van der Waals surface area contributed by atoms with Crippen LogP contribution < -0.4 is 5.32 Å². The van der Waals surface area contributed by atoms with Crippen molar-refractivity contribution < 1.29 is 14.3 Å². The summed E-state index contributed by atoms with van der Waals surface area (Å²) in [6, 6.07) is 10.00. The molecule has 1 atom stereocenters. The molecule has 0 aliphatic carbocycles. The average molecular weight is 464 g/mol. The van der Waals surface area contributed by atoms with E-state index in [0.717, 1.165) is 15.9 Å². The van der Waals surface area contributed by atoms with Crippen LogP contribution >= 0.6 is 0 Å². The summed E-state index contributed by atoms with van der Waals surface area (Å²) in [5.41, 5.74) is 2.22. The predicted octanol–water partition coefficient (Wildman–Crippen LogP) is 3.62. The van der Waals surface area contributed by atoms with Crippen LogP contribution in [0.15, 0.2) is 30.5 Å². The van der Waals surface area contributed by atoms with Crippen LogP contribution in [-0.4, -0.2) is 55.6 Å². The maximum atomic E-state index is 12.5. The van der Waals surface area contributed by atoms with E-state index in [1.807, 2.05) is 35.8 Å². The highest BCUT2D eigenvalue weighted by molar-refractivity contribution is 5.92. The van der Waals surface area contributed by atoms with Gasteiger partial charge in [0.05, 0.1) is 22.8 Å². The van der Waals surface area contributed by atoms with Crippen LogP contribution in [0.25, 0.3) is 11.0 Å². The fraction of sp³-hybridized carbons (Fsp3) is 0.417. The van der Waals surface area contributed by atoms with E-state index in [0.29, 0.717) is 23.6 Å². The first-order chi connectivity index (χ1) is 16.0. The molecule has 0 spiro atoms. The minimum absolute atomic E-state index is 0.0441. The Morgan fingerprint density at radius 1 is 1.26 bits per heavy atom. The molecule has 3 aromatic rings. The highest BCUT2D eigenvalue weighted by atomic mass is 16.6. The zero-order valence-corrected chi connectivity index (χ0v) is 20.3. The summed E-state index contributed by atoms with van der Waals surface area (Å²) >= 11 is 0. The van der Waals surface area contributed by atoms with Gasteiger partial charge in [-0.2, -0.15) is 5.26 Å². The number of hydrogen-bond donors (Lipinski definition) is 1. The van der Waals surface area contributed by atoms with E-state index in [9.17, 15) is 14.9 Å². The van der Waals surface area contributed by atoms with Gasteiger partial charge in [0.15, 0.2) is 0 Å². The number of carbonyl (C=O) groups is 2. The number of para-hydroxylation sites is 2. The number of benzene rings is 1. The summed E-state index contributed by atoms with van der Waals surface area (Å²) < 4.78 is 7.24. The number of ether oxygens (including phenoxy) is 1. The Morgan fingerprint density at radius 3 is 2.62 bits per heavy atom. The lowest BCUT2D eigenvalue weighted by Crippen LogP contribution is -2.39. The third kappa shape index (κ3) is 5.49. The summed E-state index contributed by atoms with van der Waals surface area (Å²) in [5, 5.41) is 12.6. The lowest BCUT2D eigenvalue weighted by atomic mass is 10.0. The van der Waals surface area contributed by atoms with Crippen LogP contribution in [0.5, 0.6) is 0 Å². The molecular weight excluding hydrogens is 434 g/mol. The molecule has 10 nitrogen and oxygen atoms in total. The molecule has 1 unspecified atom stereocenters. The first-order valence-electron chi connectivity index (χ1n) is 11.0. The van der Waals surface area contributed by atoms with Gasteiger partial charge in [-0.05, 0) is 52.3 Å². The maximum Gasteiger partial charge on any atom is 0.410 e. The van der Waals surface area contributed by atoms with E-state index in [2.05, 4.69) is 26.3 Å². The average Bonchev–Trinajstić information content (AvgIpc) is 3.13. The normalized spacial score (nSPS) is 12.1. The number of nitrogens with zero attached hydrogens (tertiary/aromatic N) is 6. The predicted molar refractivity (Wildman–Crippen MR) is 127 cm³/mol. The van der Waals surface area contributed by atoms with Crippen molar-refractivity contribution in [3.63, 3.8) is 0 Å². The number of hydrogen-bond acceptors (Lipinski definition) is 7. The number of carbonyl (C=O) groups excluding carboxylic acids is 2. The van der Waals surface area contributed by atoms with Crippen LogP contribution in [-0.2, 0) is 16.1 Å². The second kappa shape index (κ2) is 9.87. The van der Waals surface area contributed by atoms with Crippen molar-refractivity contribution in [1.29, 1.82) is 5.26 Å². The molecule has 1 N–H and O–H groups in total. The third-order valence-corrected chi connectivity index (χ3v) is 5.01. The Balaban J connectivity index is 1.84. The number of likely N-dealkylation sites (N-methyl/N-ethyl adjacent to an activating group) is 1. The molecule has 0 saturated heterocycles. The lowest BCUT2D eigenvalue weighted by Gasteiger charge is -2.24. The first kappa shape index (κ1) is 24.6. The number of rotatable bonds is 6. The van der Waals surface area contributed by atoms with E-state index in [-0.39, 0.29) is 12.5 Å². The molecule has 0 fully saturated rings. The highest BCUT2D eigenvalue weighted by Gasteiger charge is 2.26. The Hall–Kier alpha value is -4.00. The zero-order valence-electron chi connectivity index (χ0n) is 20.3. The molecule has 0 radical (unpaired) electrons. The lowest BCUT2D eigenvalue weighted by molar-refractivity contribution is -0.117. The van der Waals surface area contributed by atoms with Gasteiger partial charge in [0.1, 0.15) is 23.9 Å². The van der Waals surface area contributed by atoms with Crippen molar-refractivity contribution in [2.75, 3.05) is 18.9 Å². The largest absolute Gasteiger partial charge is 0.444 e. The topological polar surface area (TPSA) is 126 Å². The van der Waals surface area contributed by atoms with Crippen molar-refractivity contribution in [3.8, 4) is 6.07 Å². The Kier molecular flexibility index (Phi) is 7.15. The molecule has 2 amide bonds. The summed E-state index contributed by atoms with van der Waals surface area (Å²) in [4.78, 5) is 39.1. The van der Waals surface area contributed by atoms with E-state index in [1.165, 1.54) is 7.05 Å². The number of aryl methyl sites for hydroxylation is 2. The van der Waals surface area contributed by atoms with E-state index in [4.69, 9.17) is 4.74 Å². The van der Waals surface area contributed by atoms with Crippen molar-refractivity contribution >= 4 is 29.0 Å². The van der Waals surface area contributed by atoms with Crippen molar-refractivity contribution in [1.82, 2.24) is 24.4 Å². The molecule has 1 aromatic carbocycles. The van der Waals surface area contributed by atoms with Crippen molar-refractivity contribution in [2.45, 2.75) is 52.7 Å². The summed E-state index contributed by atoms with van der Waals surface area (Å²) in [6.07, 6.45) is 0.940. The Morgan fingerprint density at radius 2 is 1.97 bits per heavy atom. The Labute approximate surface area is 198 Å². The molecule has 0 saturated carbocycles. The van der Waals surface area contributed by atoms with Gasteiger partial charge >= 0.3 is 6.09 Å².